The molecule has 8 aromatic carbocycles. The maximum absolute atomic E-state index is 11.6. The summed E-state index contributed by atoms with van der Waals surface area (Å²) in [6.45, 7) is 0. The van der Waals surface area contributed by atoms with Crippen LogP contribution in [0.25, 0.3) is 76.5 Å². The Labute approximate surface area is 238 Å². The van der Waals surface area contributed by atoms with Gasteiger partial charge in [-0.1, -0.05) is 146 Å². The van der Waals surface area contributed by atoms with Crippen molar-refractivity contribution < 1.29 is 5.11 Å². The minimum absolute atomic E-state index is 0.298. The molecule has 0 aromatic heterocycles. The van der Waals surface area contributed by atoms with Crippen LogP contribution >= 0.6 is 0 Å². The first kappa shape index (κ1) is 23.5. The first-order valence-corrected chi connectivity index (χ1v) is 14.0. The fourth-order valence-corrected chi connectivity index (χ4v) is 6.51. The monoisotopic (exact) mass is 522 g/mol. The fraction of sp³-hybridized carbons (Fsp3) is 0. The smallest absolute Gasteiger partial charge is 0.124 e. The molecule has 0 unspecified atom stereocenters. The predicted molar refractivity (Wildman–Crippen MR) is 174 cm³/mol. The van der Waals surface area contributed by atoms with Crippen LogP contribution in [0.3, 0.4) is 0 Å². The molecule has 192 valence electrons. The molecular formula is C40H26O. The Bertz CT molecular complexity index is 2250. The molecule has 1 heteroatoms. The lowest BCUT2D eigenvalue weighted by molar-refractivity contribution is 0.482. The van der Waals surface area contributed by atoms with Crippen molar-refractivity contribution in [3.8, 4) is 39.1 Å². The van der Waals surface area contributed by atoms with Gasteiger partial charge in [-0.05, 0) is 77.2 Å². The zero-order valence-electron chi connectivity index (χ0n) is 22.4. The van der Waals surface area contributed by atoms with E-state index in [1.165, 1.54) is 38.2 Å². The Hall–Kier alpha value is -5.40. The average molecular weight is 523 g/mol. The van der Waals surface area contributed by atoms with Gasteiger partial charge in [-0.15, -0.1) is 0 Å². The average Bonchev–Trinajstić information content (AvgIpc) is 3.04. The second kappa shape index (κ2) is 9.36. The Morgan fingerprint density at radius 3 is 1.56 bits per heavy atom. The van der Waals surface area contributed by atoms with E-state index in [4.69, 9.17) is 0 Å². The summed E-state index contributed by atoms with van der Waals surface area (Å²) < 4.78 is 0. The van der Waals surface area contributed by atoms with Crippen LogP contribution in [0.1, 0.15) is 0 Å². The number of aromatic hydroxyl groups is 1. The Balaban J connectivity index is 1.63. The van der Waals surface area contributed by atoms with Gasteiger partial charge in [0.1, 0.15) is 5.75 Å². The third-order valence-corrected chi connectivity index (χ3v) is 8.35. The van der Waals surface area contributed by atoms with Crippen LogP contribution < -0.4 is 0 Å². The van der Waals surface area contributed by atoms with Crippen LogP contribution in [0.5, 0.6) is 5.75 Å². The molecule has 1 N–H and O–H groups in total. The summed E-state index contributed by atoms with van der Waals surface area (Å²) >= 11 is 0. The fourth-order valence-electron chi connectivity index (χ4n) is 6.51. The molecule has 0 aliphatic heterocycles. The van der Waals surface area contributed by atoms with Crippen molar-refractivity contribution >= 4 is 43.1 Å². The lowest BCUT2D eigenvalue weighted by Gasteiger charge is -2.22. The molecule has 0 spiro atoms. The summed E-state index contributed by atoms with van der Waals surface area (Å²) in [6.07, 6.45) is 0. The summed E-state index contributed by atoms with van der Waals surface area (Å²) in [5, 5.41) is 20.6. The van der Waals surface area contributed by atoms with E-state index in [2.05, 4.69) is 127 Å². The predicted octanol–water partition coefficient (Wildman–Crippen LogP) is 11.0. The van der Waals surface area contributed by atoms with Crippen LogP contribution in [0.15, 0.2) is 152 Å². The van der Waals surface area contributed by atoms with Gasteiger partial charge >= 0.3 is 0 Å². The van der Waals surface area contributed by atoms with Crippen LogP contribution in [0.4, 0.5) is 0 Å². The molecule has 0 bridgehead atoms. The number of hydrogen-bond donors (Lipinski definition) is 1. The van der Waals surface area contributed by atoms with Gasteiger partial charge in [0, 0.05) is 5.39 Å². The van der Waals surface area contributed by atoms with Gasteiger partial charge < -0.3 is 5.11 Å². The number of fused-ring (bicyclic) bond motifs is 6. The second-order valence-corrected chi connectivity index (χ2v) is 10.6. The van der Waals surface area contributed by atoms with E-state index in [9.17, 15) is 5.11 Å². The SMILES string of the molecule is Oc1cc(-c2ccccc2)c(-c2c(-c3ccccc3)ccc3c2ccc2ccccc23)c2ccc3ccccc3c12. The molecule has 8 rings (SSSR count). The molecule has 0 amide bonds. The lowest BCUT2D eigenvalue weighted by atomic mass is 9.82. The number of phenols is 1. The van der Waals surface area contributed by atoms with E-state index in [-0.39, 0.29) is 0 Å². The van der Waals surface area contributed by atoms with Crippen molar-refractivity contribution in [2.24, 2.45) is 0 Å². The van der Waals surface area contributed by atoms with Gasteiger partial charge in [-0.2, -0.15) is 0 Å². The number of benzene rings is 8. The highest BCUT2D eigenvalue weighted by molar-refractivity contribution is 6.23. The van der Waals surface area contributed by atoms with Crippen LogP contribution in [-0.2, 0) is 0 Å². The maximum Gasteiger partial charge on any atom is 0.124 e. The maximum atomic E-state index is 11.6. The van der Waals surface area contributed by atoms with E-state index in [0.29, 0.717) is 5.75 Å². The normalized spacial score (nSPS) is 11.5. The zero-order chi connectivity index (χ0) is 27.3. The van der Waals surface area contributed by atoms with Crippen molar-refractivity contribution in [2.75, 3.05) is 0 Å². The van der Waals surface area contributed by atoms with Crippen molar-refractivity contribution in [3.05, 3.63) is 152 Å². The van der Waals surface area contributed by atoms with Crippen molar-refractivity contribution in [1.82, 2.24) is 0 Å². The van der Waals surface area contributed by atoms with E-state index in [1.807, 2.05) is 24.3 Å². The van der Waals surface area contributed by atoms with E-state index < -0.39 is 0 Å². The molecular weight excluding hydrogens is 496 g/mol. The Kier molecular flexibility index (Phi) is 5.36. The van der Waals surface area contributed by atoms with E-state index in [1.54, 1.807) is 0 Å². The van der Waals surface area contributed by atoms with Crippen LogP contribution in [0, 0.1) is 0 Å². The number of hydrogen-bond acceptors (Lipinski definition) is 1. The van der Waals surface area contributed by atoms with Gasteiger partial charge in [0.05, 0.1) is 0 Å². The highest BCUT2D eigenvalue weighted by Gasteiger charge is 2.22. The Morgan fingerprint density at radius 2 is 0.854 bits per heavy atom. The van der Waals surface area contributed by atoms with E-state index >= 15 is 0 Å². The molecule has 0 heterocycles. The van der Waals surface area contributed by atoms with Crippen molar-refractivity contribution in [3.63, 3.8) is 0 Å². The van der Waals surface area contributed by atoms with Gasteiger partial charge in [0.2, 0.25) is 0 Å². The van der Waals surface area contributed by atoms with Crippen molar-refractivity contribution in [2.45, 2.75) is 0 Å². The summed E-state index contributed by atoms with van der Waals surface area (Å²) in [5.74, 6) is 0.298. The van der Waals surface area contributed by atoms with Gasteiger partial charge in [-0.25, -0.2) is 0 Å². The molecule has 0 atom stereocenters. The quantitative estimate of drug-likeness (QED) is 0.229. The van der Waals surface area contributed by atoms with E-state index in [0.717, 1.165) is 38.2 Å². The molecule has 41 heavy (non-hydrogen) atoms. The number of rotatable bonds is 3. The zero-order valence-corrected chi connectivity index (χ0v) is 22.4. The minimum atomic E-state index is 0.298. The molecule has 0 saturated heterocycles. The lowest BCUT2D eigenvalue weighted by Crippen LogP contribution is -1.94. The highest BCUT2D eigenvalue weighted by Crippen LogP contribution is 2.50. The molecule has 0 fully saturated rings. The second-order valence-electron chi connectivity index (χ2n) is 10.6. The van der Waals surface area contributed by atoms with Gasteiger partial charge in [0.15, 0.2) is 0 Å². The molecule has 8 aromatic rings. The topological polar surface area (TPSA) is 20.2 Å². The summed E-state index contributed by atoms with van der Waals surface area (Å²) in [5.41, 5.74) is 6.74. The van der Waals surface area contributed by atoms with Gasteiger partial charge in [-0.3, -0.25) is 0 Å². The van der Waals surface area contributed by atoms with Crippen LogP contribution in [0.2, 0.25) is 0 Å². The summed E-state index contributed by atoms with van der Waals surface area (Å²) in [7, 11) is 0. The first-order valence-electron chi connectivity index (χ1n) is 14.0. The van der Waals surface area contributed by atoms with Crippen LogP contribution in [-0.4, -0.2) is 5.11 Å². The first-order chi connectivity index (χ1) is 20.3. The van der Waals surface area contributed by atoms with Crippen molar-refractivity contribution in [1.29, 1.82) is 0 Å². The molecule has 0 radical (unpaired) electrons. The molecule has 0 aliphatic carbocycles. The summed E-state index contributed by atoms with van der Waals surface area (Å²) in [4.78, 5) is 0. The third-order valence-electron chi connectivity index (χ3n) is 8.35. The third kappa shape index (κ3) is 3.71. The molecule has 0 saturated carbocycles. The standard InChI is InChI=1S/C40H26O/c41-37-25-36(27-13-5-2-6-14-27)40(35-22-20-29-16-8-10-18-31(29)38(35)37)39-32(26-11-3-1-4-12-26)23-24-33-30-17-9-7-15-28(30)19-21-34(33)39/h1-25,41H. The highest BCUT2D eigenvalue weighted by atomic mass is 16.3. The molecule has 1 nitrogen and oxygen atoms in total. The number of phenolic OH excluding ortho intramolecular Hbond substituents is 1. The minimum Gasteiger partial charge on any atom is -0.507 e. The largest absolute Gasteiger partial charge is 0.507 e. The van der Waals surface area contributed by atoms with Gasteiger partial charge in [0.25, 0.3) is 0 Å². The Morgan fingerprint density at radius 1 is 0.341 bits per heavy atom. The molecule has 0 aliphatic rings. The summed E-state index contributed by atoms with van der Waals surface area (Å²) in [6, 6.07) is 53.4.